The van der Waals surface area contributed by atoms with Crippen LogP contribution in [0.1, 0.15) is 33.1 Å². The summed E-state index contributed by atoms with van der Waals surface area (Å²) in [7, 11) is 0. The van der Waals surface area contributed by atoms with Crippen LogP contribution < -0.4 is 5.32 Å². The van der Waals surface area contributed by atoms with Crippen molar-refractivity contribution in [3.05, 3.63) is 24.3 Å². The number of benzene rings is 1. The maximum Gasteiger partial charge on any atom is 0.117 e. The minimum atomic E-state index is 0.335. The molecule has 0 bridgehead atoms. The maximum absolute atomic E-state index is 9.42. The second kappa shape index (κ2) is 4.77. The van der Waals surface area contributed by atoms with Gasteiger partial charge in [-0.3, -0.25) is 0 Å². The maximum atomic E-state index is 9.42. The summed E-state index contributed by atoms with van der Waals surface area (Å²) in [5.41, 5.74) is 1.03. The fraction of sp³-hybridized carbons (Fsp3) is 0.571. The summed E-state index contributed by atoms with van der Waals surface area (Å²) in [6.45, 7) is 4.66. The standard InChI is InChI=1S/C14H21NO/c1-10-5-3-8-14(11(10)2)15-12-6-4-7-13(16)9-12/h4,6-7,9-11,14-16H,3,5,8H2,1-2H3. The number of hydrogen-bond donors (Lipinski definition) is 2. The highest BCUT2D eigenvalue weighted by Gasteiger charge is 2.26. The molecule has 1 aliphatic rings. The van der Waals surface area contributed by atoms with Gasteiger partial charge in [-0.1, -0.05) is 32.8 Å². The Labute approximate surface area is 97.7 Å². The van der Waals surface area contributed by atoms with E-state index in [1.54, 1.807) is 12.1 Å². The lowest BCUT2D eigenvalue weighted by molar-refractivity contribution is 0.253. The van der Waals surface area contributed by atoms with E-state index in [-0.39, 0.29) is 0 Å². The Morgan fingerprint density at radius 1 is 1.25 bits per heavy atom. The van der Waals surface area contributed by atoms with E-state index in [9.17, 15) is 5.11 Å². The van der Waals surface area contributed by atoms with Gasteiger partial charge in [-0.15, -0.1) is 0 Å². The average Bonchev–Trinajstić information content (AvgIpc) is 2.25. The van der Waals surface area contributed by atoms with Crippen molar-refractivity contribution in [3.63, 3.8) is 0 Å². The first kappa shape index (κ1) is 11.3. The molecule has 1 saturated carbocycles. The van der Waals surface area contributed by atoms with Gasteiger partial charge >= 0.3 is 0 Å². The molecule has 0 aromatic heterocycles. The van der Waals surface area contributed by atoms with Crippen molar-refractivity contribution in [1.29, 1.82) is 0 Å². The molecule has 1 fully saturated rings. The Morgan fingerprint density at radius 3 is 2.81 bits per heavy atom. The molecule has 0 spiro atoms. The molecule has 0 aliphatic heterocycles. The number of anilines is 1. The SMILES string of the molecule is CC1CCCC(Nc2cccc(O)c2)C1C. The number of rotatable bonds is 2. The normalized spacial score (nSPS) is 30.0. The molecule has 3 unspecified atom stereocenters. The monoisotopic (exact) mass is 219 g/mol. The first-order valence-electron chi connectivity index (χ1n) is 6.22. The largest absolute Gasteiger partial charge is 0.508 e. The first-order valence-corrected chi connectivity index (χ1v) is 6.22. The second-order valence-electron chi connectivity index (χ2n) is 5.07. The minimum absolute atomic E-state index is 0.335. The van der Waals surface area contributed by atoms with Gasteiger partial charge in [0.15, 0.2) is 0 Å². The van der Waals surface area contributed by atoms with Crippen LogP contribution in [0.2, 0.25) is 0 Å². The van der Waals surface area contributed by atoms with Crippen molar-refractivity contribution < 1.29 is 5.11 Å². The van der Waals surface area contributed by atoms with E-state index in [1.165, 1.54) is 19.3 Å². The van der Waals surface area contributed by atoms with Crippen molar-refractivity contribution in [2.45, 2.75) is 39.2 Å². The molecular weight excluding hydrogens is 198 g/mol. The van der Waals surface area contributed by atoms with Crippen LogP contribution >= 0.6 is 0 Å². The highest BCUT2D eigenvalue weighted by molar-refractivity contribution is 5.48. The Balaban J connectivity index is 2.03. The summed E-state index contributed by atoms with van der Waals surface area (Å²) in [5, 5.41) is 13.0. The molecule has 3 atom stereocenters. The molecule has 0 radical (unpaired) electrons. The second-order valence-corrected chi connectivity index (χ2v) is 5.07. The topological polar surface area (TPSA) is 32.3 Å². The van der Waals surface area contributed by atoms with Crippen LogP contribution in [-0.2, 0) is 0 Å². The van der Waals surface area contributed by atoms with Crippen molar-refractivity contribution in [2.75, 3.05) is 5.32 Å². The molecule has 2 rings (SSSR count). The van der Waals surface area contributed by atoms with Crippen LogP contribution in [0.5, 0.6) is 5.75 Å². The van der Waals surface area contributed by atoms with Gasteiger partial charge in [-0.25, -0.2) is 0 Å². The Hall–Kier alpha value is -1.18. The molecular formula is C14H21NO. The fourth-order valence-corrected chi connectivity index (χ4v) is 2.60. The predicted molar refractivity (Wildman–Crippen MR) is 67.7 cm³/mol. The molecule has 1 aliphatic carbocycles. The van der Waals surface area contributed by atoms with E-state index in [2.05, 4.69) is 19.2 Å². The number of phenols is 1. The summed E-state index contributed by atoms with van der Waals surface area (Å²) in [6, 6.07) is 7.95. The molecule has 2 nitrogen and oxygen atoms in total. The quantitative estimate of drug-likeness (QED) is 0.796. The number of hydrogen-bond acceptors (Lipinski definition) is 2. The van der Waals surface area contributed by atoms with E-state index in [1.807, 2.05) is 12.1 Å². The molecule has 0 amide bonds. The smallest absolute Gasteiger partial charge is 0.117 e. The third-order valence-corrected chi connectivity index (χ3v) is 3.91. The van der Waals surface area contributed by atoms with Gasteiger partial charge in [-0.05, 0) is 30.4 Å². The zero-order valence-corrected chi connectivity index (χ0v) is 10.1. The van der Waals surface area contributed by atoms with E-state index in [0.29, 0.717) is 17.7 Å². The van der Waals surface area contributed by atoms with Crippen LogP contribution in [0.3, 0.4) is 0 Å². The molecule has 16 heavy (non-hydrogen) atoms. The number of phenolic OH excluding ortho intramolecular Hbond substituents is 1. The minimum Gasteiger partial charge on any atom is -0.508 e. The summed E-state index contributed by atoms with van der Waals surface area (Å²) in [6.07, 6.45) is 3.89. The summed E-state index contributed by atoms with van der Waals surface area (Å²) >= 11 is 0. The Kier molecular flexibility index (Phi) is 3.37. The van der Waals surface area contributed by atoms with E-state index in [0.717, 1.165) is 11.6 Å². The highest BCUT2D eigenvalue weighted by atomic mass is 16.3. The van der Waals surface area contributed by atoms with Crippen molar-refractivity contribution in [3.8, 4) is 5.75 Å². The van der Waals surface area contributed by atoms with E-state index in [4.69, 9.17) is 0 Å². The van der Waals surface area contributed by atoms with Crippen molar-refractivity contribution >= 4 is 5.69 Å². The molecule has 1 aromatic rings. The van der Waals surface area contributed by atoms with Crippen LogP contribution in [0.15, 0.2) is 24.3 Å². The molecule has 2 N–H and O–H groups in total. The van der Waals surface area contributed by atoms with Gasteiger partial charge < -0.3 is 10.4 Å². The van der Waals surface area contributed by atoms with Crippen molar-refractivity contribution in [1.82, 2.24) is 0 Å². The van der Waals surface area contributed by atoms with Gasteiger partial charge in [0.25, 0.3) is 0 Å². The summed E-state index contributed by atoms with van der Waals surface area (Å²) < 4.78 is 0. The lowest BCUT2D eigenvalue weighted by Gasteiger charge is -2.35. The van der Waals surface area contributed by atoms with Crippen molar-refractivity contribution in [2.24, 2.45) is 11.8 Å². The van der Waals surface area contributed by atoms with Crippen LogP contribution in [0.4, 0.5) is 5.69 Å². The Morgan fingerprint density at radius 2 is 2.06 bits per heavy atom. The van der Waals surface area contributed by atoms with E-state index >= 15 is 0 Å². The number of nitrogens with one attached hydrogen (secondary N) is 1. The first-order chi connectivity index (χ1) is 7.66. The lowest BCUT2D eigenvalue weighted by Crippen LogP contribution is -2.34. The Bertz CT molecular complexity index is 350. The molecule has 2 heteroatoms. The van der Waals surface area contributed by atoms with Crippen LogP contribution in [-0.4, -0.2) is 11.1 Å². The van der Waals surface area contributed by atoms with Crippen LogP contribution in [0, 0.1) is 11.8 Å². The zero-order valence-electron chi connectivity index (χ0n) is 10.1. The van der Waals surface area contributed by atoms with Crippen LogP contribution in [0.25, 0.3) is 0 Å². The average molecular weight is 219 g/mol. The highest BCUT2D eigenvalue weighted by Crippen LogP contribution is 2.31. The van der Waals surface area contributed by atoms with Gasteiger partial charge in [0.1, 0.15) is 5.75 Å². The third-order valence-electron chi connectivity index (χ3n) is 3.91. The predicted octanol–water partition coefficient (Wildman–Crippen LogP) is 3.63. The summed E-state index contributed by atoms with van der Waals surface area (Å²) in [4.78, 5) is 0. The molecule has 0 saturated heterocycles. The fourth-order valence-electron chi connectivity index (χ4n) is 2.60. The van der Waals surface area contributed by atoms with Gasteiger partial charge in [-0.2, -0.15) is 0 Å². The molecule has 0 heterocycles. The molecule has 1 aromatic carbocycles. The number of aromatic hydroxyl groups is 1. The third kappa shape index (κ3) is 2.49. The van der Waals surface area contributed by atoms with Gasteiger partial charge in [0.2, 0.25) is 0 Å². The lowest BCUT2D eigenvalue weighted by atomic mass is 9.78. The van der Waals surface area contributed by atoms with Gasteiger partial charge in [0.05, 0.1) is 0 Å². The molecule has 88 valence electrons. The zero-order chi connectivity index (χ0) is 11.5. The van der Waals surface area contributed by atoms with Gasteiger partial charge in [0, 0.05) is 17.8 Å². The van der Waals surface area contributed by atoms with E-state index < -0.39 is 0 Å². The summed E-state index contributed by atoms with van der Waals surface area (Å²) in [5.74, 6) is 1.83.